The van der Waals surface area contributed by atoms with Crippen molar-refractivity contribution in [1.29, 1.82) is 0 Å². The summed E-state index contributed by atoms with van der Waals surface area (Å²) in [5.41, 5.74) is 1.23. The molecule has 1 aliphatic rings. The third-order valence-electron chi connectivity index (χ3n) is 5.05. The number of rotatable bonds is 6. The molecule has 0 aliphatic carbocycles. The van der Waals surface area contributed by atoms with E-state index in [0.29, 0.717) is 11.0 Å². The molecule has 1 unspecified atom stereocenters. The number of likely N-dealkylation sites (N-methyl/N-ethyl adjacent to an activating group) is 1. The van der Waals surface area contributed by atoms with Crippen LogP contribution in [0.25, 0.3) is 0 Å². The highest BCUT2D eigenvalue weighted by molar-refractivity contribution is 9.10. The van der Waals surface area contributed by atoms with Crippen molar-refractivity contribution < 1.29 is 13.2 Å². The van der Waals surface area contributed by atoms with Crippen molar-refractivity contribution in [3.05, 3.63) is 64.1 Å². The Morgan fingerprint density at radius 1 is 1.14 bits per heavy atom. The van der Waals surface area contributed by atoms with Gasteiger partial charge in [0.1, 0.15) is 0 Å². The Kier molecular flexibility index (Phi) is 7.07. The molecular formula is C20H25BrN4O3S. The SMILES string of the molecule is CN1CCN(CC(NC(=O)c2cc(S(N)(=O)=O)ccc2Br)c2ccccc2)CC1. The van der Waals surface area contributed by atoms with Gasteiger partial charge in [-0.15, -0.1) is 0 Å². The van der Waals surface area contributed by atoms with Gasteiger partial charge in [0.15, 0.2) is 0 Å². The maximum atomic E-state index is 13.0. The van der Waals surface area contributed by atoms with Gasteiger partial charge in [0, 0.05) is 37.2 Å². The first kappa shape index (κ1) is 21.9. The summed E-state index contributed by atoms with van der Waals surface area (Å²) >= 11 is 3.34. The summed E-state index contributed by atoms with van der Waals surface area (Å²) in [6.45, 7) is 4.51. The quantitative estimate of drug-likeness (QED) is 0.657. The topological polar surface area (TPSA) is 95.7 Å². The number of primary sulfonamides is 1. The fourth-order valence-electron chi connectivity index (χ4n) is 3.30. The smallest absolute Gasteiger partial charge is 0.252 e. The van der Waals surface area contributed by atoms with E-state index in [-0.39, 0.29) is 22.4 Å². The molecule has 2 aromatic rings. The molecule has 0 radical (unpaired) electrons. The molecule has 0 bridgehead atoms. The minimum Gasteiger partial charge on any atom is -0.344 e. The van der Waals surface area contributed by atoms with Crippen molar-refractivity contribution >= 4 is 31.9 Å². The monoisotopic (exact) mass is 480 g/mol. The van der Waals surface area contributed by atoms with E-state index >= 15 is 0 Å². The van der Waals surface area contributed by atoms with Crippen molar-refractivity contribution in [1.82, 2.24) is 15.1 Å². The number of hydrogen-bond donors (Lipinski definition) is 2. The van der Waals surface area contributed by atoms with Crippen LogP contribution in [-0.4, -0.2) is 63.9 Å². The third kappa shape index (κ3) is 5.86. The van der Waals surface area contributed by atoms with E-state index in [2.05, 4.69) is 38.1 Å². The Hall–Kier alpha value is -1.78. The largest absolute Gasteiger partial charge is 0.344 e. The number of carbonyl (C=O) groups is 1. The molecule has 0 spiro atoms. The average molecular weight is 481 g/mol. The Labute approximate surface area is 180 Å². The molecule has 1 atom stereocenters. The molecule has 1 saturated heterocycles. The zero-order valence-corrected chi connectivity index (χ0v) is 18.6. The molecule has 1 amide bonds. The van der Waals surface area contributed by atoms with Crippen molar-refractivity contribution in [3.63, 3.8) is 0 Å². The van der Waals surface area contributed by atoms with Crippen molar-refractivity contribution in [2.24, 2.45) is 5.14 Å². The fraction of sp³-hybridized carbons (Fsp3) is 0.350. The second-order valence-corrected chi connectivity index (χ2v) is 9.64. The molecular weight excluding hydrogens is 456 g/mol. The number of nitrogens with two attached hydrogens (primary N) is 1. The van der Waals surface area contributed by atoms with Crippen LogP contribution in [0.15, 0.2) is 57.9 Å². The number of nitrogens with zero attached hydrogens (tertiary/aromatic N) is 2. The van der Waals surface area contributed by atoms with Crippen LogP contribution in [-0.2, 0) is 10.0 Å². The van der Waals surface area contributed by atoms with E-state index in [1.165, 1.54) is 18.2 Å². The van der Waals surface area contributed by atoms with Crippen LogP contribution in [0.5, 0.6) is 0 Å². The lowest BCUT2D eigenvalue weighted by molar-refractivity contribution is 0.0906. The van der Waals surface area contributed by atoms with Gasteiger partial charge in [0.2, 0.25) is 10.0 Å². The molecule has 1 heterocycles. The van der Waals surface area contributed by atoms with Crippen molar-refractivity contribution in [3.8, 4) is 0 Å². The second-order valence-electron chi connectivity index (χ2n) is 7.23. The van der Waals surface area contributed by atoms with E-state index in [1.54, 1.807) is 0 Å². The molecule has 1 aliphatic heterocycles. The van der Waals surface area contributed by atoms with Gasteiger partial charge in [0.25, 0.3) is 5.91 Å². The summed E-state index contributed by atoms with van der Waals surface area (Å²) < 4.78 is 23.9. The van der Waals surface area contributed by atoms with Gasteiger partial charge in [-0.1, -0.05) is 30.3 Å². The van der Waals surface area contributed by atoms with Crippen LogP contribution in [0.2, 0.25) is 0 Å². The lowest BCUT2D eigenvalue weighted by atomic mass is 10.0. The Morgan fingerprint density at radius 2 is 1.79 bits per heavy atom. The molecule has 2 aromatic carbocycles. The van der Waals surface area contributed by atoms with Crippen LogP contribution < -0.4 is 10.5 Å². The maximum absolute atomic E-state index is 13.0. The zero-order valence-electron chi connectivity index (χ0n) is 16.2. The van der Waals surface area contributed by atoms with Gasteiger partial charge in [-0.25, -0.2) is 13.6 Å². The van der Waals surface area contributed by atoms with E-state index in [1.807, 2.05) is 30.3 Å². The Morgan fingerprint density at radius 3 is 2.41 bits per heavy atom. The summed E-state index contributed by atoms with van der Waals surface area (Å²) in [6.07, 6.45) is 0. The number of hydrogen-bond acceptors (Lipinski definition) is 5. The molecule has 1 fully saturated rings. The van der Waals surface area contributed by atoms with Crippen molar-refractivity contribution in [2.75, 3.05) is 39.8 Å². The molecule has 3 rings (SSSR count). The first-order valence-electron chi connectivity index (χ1n) is 9.33. The second kappa shape index (κ2) is 9.36. The number of carbonyl (C=O) groups excluding carboxylic acids is 1. The Balaban J connectivity index is 1.83. The van der Waals surface area contributed by atoms with E-state index in [4.69, 9.17) is 5.14 Å². The van der Waals surface area contributed by atoms with E-state index in [9.17, 15) is 13.2 Å². The standard InChI is InChI=1S/C20H25BrN4O3S/c1-24-9-11-25(12-10-24)14-19(15-5-3-2-4-6-15)23-20(26)17-13-16(29(22,27)28)7-8-18(17)21/h2-8,13,19H,9-12,14H2,1H3,(H,23,26)(H2,22,27,28). The molecule has 9 heteroatoms. The van der Waals surface area contributed by atoms with E-state index < -0.39 is 10.0 Å². The third-order valence-corrected chi connectivity index (χ3v) is 6.66. The van der Waals surface area contributed by atoms with Gasteiger partial charge < -0.3 is 10.2 Å². The summed E-state index contributed by atoms with van der Waals surface area (Å²) in [7, 11) is -1.80. The van der Waals surface area contributed by atoms with E-state index in [0.717, 1.165) is 31.7 Å². The van der Waals surface area contributed by atoms with Crippen molar-refractivity contribution in [2.45, 2.75) is 10.9 Å². The minimum atomic E-state index is -3.90. The van der Waals surface area contributed by atoms with Gasteiger partial charge in [-0.3, -0.25) is 9.69 Å². The van der Waals surface area contributed by atoms with Crippen LogP contribution in [0.1, 0.15) is 22.0 Å². The summed E-state index contributed by atoms with van der Waals surface area (Å²) in [6, 6.07) is 13.7. The molecule has 156 valence electrons. The number of amides is 1. The summed E-state index contributed by atoms with van der Waals surface area (Å²) in [5.74, 6) is -0.356. The molecule has 0 aromatic heterocycles. The first-order chi connectivity index (χ1) is 13.7. The fourth-order valence-corrected chi connectivity index (χ4v) is 4.27. The summed E-state index contributed by atoms with van der Waals surface area (Å²) in [5, 5.41) is 8.29. The molecule has 29 heavy (non-hydrogen) atoms. The van der Waals surface area contributed by atoms with Crippen LogP contribution in [0.4, 0.5) is 0 Å². The van der Waals surface area contributed by atoms with Crippen LogP contribution in [0.3, 0.4) is 0 Å². The highest BCUT2D eigenvalue weighted by Crippen LogP contribution is 2.22. The predicted molar refractivity (Wildman–Crippen MR) is 116 cm³/mol. The lowest BCUT2D eigenvalue weighted by Crippen LogP contribution is -2.47. The number of benzene rings is 2. The van der Waals surface area contributed by atoms with Crippen LogP contribution in [0, 0.1) is 0 Å². The predicted octanol–water partition coefficient (Wildman–Crippen LogP) is 1.81. The van der Waals surface area contributed by atoms with Gasteiger partial charge in [-0.05, 0) is 46.7 Å². The van der Waals surface area contributed by atoms with Gasteiger partial charge >= 0.3 is 0 Å². The number of nitrogens with one attached hydrogen (secondary N) is 1. The molecule has 7 nitrogen and oxygen atoms in total. The summed E-state index contributed by atoms with van der Waals surface area (Å²) in [4.78, 5) is 17.5. The first-order valence-corrected chi connectivity index (χ1v) is 11.7. The highest BCUT2D eigenvalue weighted by Gasteiger charge is 2.23. The number of sulfonamides is 1. The number of piperazine rings is 1. The maximum Gasteiger partial charge on any atom is 0.252 e. The zero-order chi connectivity index (χ0) is 21.0. The number of halogens is 1. The van der Waals surface area contributed by atoms with Crippen LogP contribution >= 0.6 is 15.9 Å². The molecule has 3 N–H and O–H groups in total. The molecule has 0 saturated carbocycles. The normalized spacial score (nSPS) is 17.1. The minimum absolute atomic E-state index is 0.0961. The lowest BCUT2D eigenvalue weighted by Gasteiger charge is -2.35. The average Bonchev–Trinajstić information content (AvgIpc) is 2.69. The highest BCUT2D eigenvalue weighted by atomic mass is 79.9. The van der Waals surface area contributed by atoms with Gasteiger partial charge in [0.05, 0.1) is 16.5 Å². The van der Waals surface area contributed by atoms with Gasteiger partial charge in [-0.2, -0.15) is 0 Å². The Bertz CT molecular complexity index is 961.